The highest BCUT2D eigenvalue weighted by atomic mass is 35.5. The lowest BCUT2D eigenvalue weighted by Crippen LogP contribution is -2.43. The predicted molar refractivity (Wildman–Crippen MR) is 108 cm³/mol. The standard InChI is InChI=1S/C18H19ClN4O3.ClH/c19-15-3-1-2-13(10-15)12-21-18(24)14-4-5-16(23(25)26)17(11-14)22-8-6-20-7-9-22;/h1-5,10-11,20H,6-9,12H2,(H,21,24);1H. The molecule has 3 rings (SSSR count). The summed E-state index contributed by atoms with van der Waals surface area (Å²) in [5.41, 5.74) is 1.77. The predicted octanol–water partition coefficient (Wildman–Crippen LogP) is 3.01. The van der Waals surface area contributed by atoms with Crippen molar-refractivity contribution in [2.75, 3.05) is 31.1 Å². The van der Waals surface area contributed by atoms with Crippen LogP contribution in [0.5, 0.6) is 0 Å². The van der Waals surface area contributed by atoms with Gasteiger partial charge < -0.3 is 15.5 Å². The molecular weight excluding hydrogens is 391 g/mol. The number of hydrogen-bond donors (Lipinski definition) is 2. The van der Waals surface area contributed by atoms with Gasteiger partial charge in [-0.1, -0.05) is 23.7 Å². The molecule has 2 aromatic carbocycles. The van der Waals surface area contributed by atoms with Gasteiger partial charge in [-0.2, -0.15) is 0 Å². The number of piperazine rings is 1. The summed E-state index contributed by atoms with van der Waals surface area (Å²) in [6, 6.07) is 11.7. The van der Waals surface area contributed by atoms with Gasteiger partial charge in [-0.05, 0) is 29.8 Å². The Hall–Kier alpha value is -2.35. The van der Waals surface area contributed by atoms with E-state index in [9.17, 15) is 14.9 Å². The molecule has 1 aliphatic heterocycles. The molecule has 1 saturated heterocycles. The van der Waals surface area contributed by atoms with Gasteiger partial charge in [-0.3, -0.25) is 14.9 Å². The second-order valence-corrected chi connectivity index (χ2v) is 6.45. The molecule has 7 nitrogen and oxygen atoms in total. The number of benzene rings is 2. The summed E-state index contributed by atoms with van der Waals surface area (Å²) >= 11 is 5.94. The summed E-state index contributed by atoms with van der Waals surface area (Å²) in [5.74, 6) is -0.281. The van der Waals surface area contributed by atoms with E-state index in [-0.39, 0.29) is 24.0 Å². The van der Waals surface area contributed by atoms with Crippen molar-refractivity contribution < 1.29 is 9.72 Å². The molecular formula is C18H20Cl2N4O3. The van der Waals surface area contributed by atoms with Crippen molar-refractivity contribution in [3.05, 3.63) is 68.7 Å². The van der Waals surface area contributed by atoms with Crippen LogP contribution in [-0.2, 0) is 6.54 Å². The van der Waals surface area contributed by atoms with E-state index in [1.165, 1.54) is 12.1 Å². The molecule has 144 valence electrons. The van der Waals surface area contributed by atoms with Crippen LogP contribution in [0.4, 0.5) is 11.4 Å². The minimum atomic E-state index is -0.412. The number of nitrogens with zero attached hydrogens (tertiary/aromatic N) is 2. The first-order chi connectivity index (χ1) is 12.5. The number of amides is 1. The smallest absolute Gasteiger partial charge is 0.292 e. The first-order valence-corrected chi connectivity index (χ1v) is 8.69. The van der Waals surface area contributed by atoms with Gasteiger partial charge in [-0.15, -0.1) is 12.4 Å². The summed E-state index contributed by atoms with van der Waals surface area (Å²) in [4.78, 5) is 25.3. The van der Waals surface area contributed by atoms with E-state index >= 15 is 0 Å². The zero-order valence-electron chi connectivity index (χ0n) is 14.5. The molecule has 1 amide bonds. The largest absolute Gasteiger partial charge is 0.363 e. The SMILES string of the molecule is Cl.O=C(NCc1cccc(Cl)c1)c1ccc([N+](=O)[O-])c(N2CCNCC2)c1. The molecule has 0 atom stereocenters. The Balaban J connectivity index is 0.00000261. The quantitative estimate of drug-likeness (QED) is 0.584. The summed E-state index contributed by atoms with van der Waals surface area (Å²) in [7, 11) is 0. The average Bonchev–Trinajstić information content (AvgIpc) is 2.66. The molecule has 0 bridgehead atoms. The highest BCUT2D eigenvalue weighted by Crippen LogP contribution is 2.29. The van der Waals surface area contributed by atoms with Crippen LogP contribution in [0.1, 0.15) is 15.9 Å². The molecule has 0 radical (unpaired) electrons. The van der Waals surface area contributed by atoms with E-state index in [0.717, 1.165) is 18.7 Å². The maximum Gasteiger partial charge on any atom is 0.292 e. The van der Waals surface area contributed by atoms with Crippen LogP contribution in [0.3, 0.4) is 0 Å². The number of nitro groups is 1. The van der Waals surface area contributed by atoms with Crippen molar-refractivity contribution in [1.29, 1.82) is 0 Å². The second-order valence-electron chi connectivity index (χ2n) is 6.01. The van der Waals surface area contributed by atoms with Gasteiger partial charge in [0.05, 0.1) is 4.92 Å². The molecule has 1 fully saturated rings. The summed E-state index contributed by atoms with van der Waals surface area (Å²) in [6.07, 6.45) is 0. The van der Waals surface area contributed by atoms with Gasteiger partial charge >= 0.3 is 0 Å². The van der Waals surface area contributed by atoms with E-state index in [0.29, 0.717) is 35.9 Å². The molecule has 0 saturated carbocycles. The van der Waals surface area contributed by atoms with Crippen molar-refractivity contribution in [1.82, 2.24) is 10.6 Å². The highest BCUT2D eigenvalue weighted by molar-refractivity contribution is 6.30. The number of anilines is 1. The van der Waals surface area contributed by atoms with Crippen LogP contribution in [0, 0.1) is 10.1 Å². The minimum Gasteiger partial charge on any atom is -0.363 e. The van der Waals surface area contributed by atoms with Gasteiger partial charge in [0.15, 0.2) is 0 Å². The van der Waals surface area contributed by atoms with Gasteiger partial charge in [-0.25, -0.2) is 0 Å². The molecule has 2 N–H and O–H groups in total. The normalized spacial score (nSPS) is 13.6. The fourth-order valence-corrected chi connectivity index (χ4v) is 3.12. The molecule has 9 heteroatoms. The third kappa shape index (κ3) is 5.32. The summed E-state index contributed by atoms with van der Waals surface area (Å²) in [5, 5.41) is 18.0. The van der Waals surface area contributed by atoms with Crippen molar-refractivity contribution >= 4 is 41.3 Å². The average molecular weight is 411 g/mol. The number of hydrogen-bond acceptors (Lipinski definition) is 5. The highest BCUT2D eigenvalue weighted by Gasteiger charge is 2.22. The maximum atomic E-state index is 12.5. The molecule has 0 aromatic heterocycles. The Morgan fingerprint density at radius 3 is 2.63 bits per heavy atom. The summed E-state index contributed by atoms with van der Waals surface area (Å²) in [6.45, 7) is 3.16. The fraction of sp³-hybridized carbons (Fsp3) is 0.278. The molecule has 27 heavy (non-hydrogen) atoms. The number of halogens is 2. The van der Waals surface area contributed by atoms with Crippen molar-refractivity contribution in [2.45, 2.75) is 6.54 Å². The lowest BCUT2D eigenvalue weighted by atomic mass is 10.1. The molecule has 0 aliphatic carbocycles. The number of nitro benzene ring substituents is 1. The first-order valence-electron chi connectivity index (χ1n) is 8.31. The van der Waals surface area contributed by atoms with Crippen LogP contribution in [0.15, 0.2) is 42.5 Å². The second kappa shape index (κ2) is 9.55. The van der Waals surface area contributed by atoms with E-state index < -0.39 is 4.92 Å². The van der Waals surface area contributed by atoms with Gasteiger partial charge in [0.1, 0.15) is 5.69 Å². The lowest BCUT2D eigenvalue weighted by molar-refractivity contribution is -0.384. The minimum absolute atomic E-state index is 0. The van der Waals surface area contributed by atoms with Crippen LogP contribution >= 0.6 is 24.0 Å². The molecule has 2 aromatic rings. The lowest BCUT2D eigenvalue weighted by Gasteiger charge is -2.29. The Labute approximate surface area is 168 Å². The van der Waals surface area contributed by atoms with E-state index in [2.05, 4.69) is 10.6 Å². The van der Waals surface area contributed by atoms with Crippen LogP contribution in [-0.4, -0.2) is 37.0 Å². The number of nitrogens with one attached hydrogen (secondary N) is 2. The fourth-order valence-electron chi connectivity index (χ4n) is 2.91. The van der Waals surface area contributed by atoms with E-state index in [1.807, 2.05) is 17.0 Å². The third-order valence-corrected chi connectivity index (χ3v) is 4.47. The molecule has 1 aliphatic rings. The molecule has 0 spiro atoms. The Bertz CT molecular complexity index is 826. The Morgan fingerprint density at radius 1 is 1.22 bits per heavy atom. The van der Waals surface area contributed by atoms with Crippen molar-refractivity contribution in [2.24, 2.45) is 0 Å². The zero-order valence-corrected chi connectivity index (χ0v) is 16.1. The molecule has 0 unspecified atom stereocenters. The van der Waals surface area contributed by atoms with Crippen LogP contribution in [0.25, 0.3) is 0 Å². The van der Waals surface area contributed by atoms with E-state index in [4.69, 9.17) is 11.6 Å². The number of carbonyl (C=O) groups is 1. The number of carbonyl (C=O) groups excluding carboxylic acids is 1. The maximum absolute atomic E-state index is 12.5. The molecule has 1 heterocycles. The Kier molecular flexibility index (Phi) is 7.41. The Morgan fingerprint density at radius 2 is 1.96 bits per heavy atom. The van der Waals surface area contributed by atoms with Crippen molar-refractivity contribution in [3.63, 3.8) is 0 Å². The first kappa shape index (κ1) is 21.0. The van der Waals surface area contributed by atoms with Gasteiger partial charge in [0, 0.05) is 49.4 Å². The number of rotatable bonds is 5. The van der Waals surface area contributed by atoms with Crippen molar-refractivity contribution in [3.8, 4) is 0 Å². The topological polar surface area (TPSA) is 87.5 Å². The van der Waals surface area contributed by atoms with Gasteiger partial charge in [0.2, 0.25) is 0 Å². The van der Waals surface area contributed by atoms with Gasteiger partial charge in [0.25, 0.3) is 11.6 Å². The van der Waals surface area contributed by atoms with Crippen LogP contribution in [0.2, 0.25) is 5.02 Å². The summed E-state index contributed by atoms with van der Waals surface area (Å²) < 4.78 is 0. The monoisotopic (exact) mass is 410 g/mol. The van der Waals surface area contributed by atoms with E-state index in [1.54, 1.807) is 18.2 Å². The zero-order chi connectivity index (χ0) is 18.5. The van der Waals surface area contributed by atoms with Crippen LogP contribution < -0.4 is 15.5 Å². The third-order valence-electron chi connectivity index (χ3n) is 4.23.